The number of anilines is 6. The summed E-state index contributed by atoms with van der Waals surface area (Å²) >= 11 is 1.99. The first-order valence-electron chi connectivity index (χ1n) is 19.6. The zero-order chi connectivity index (χ0) is 37.4. The predicted octanol–water partition coefficient (Wildman–Crippen LogP) is 12.2. The highest BCUT2D eigenvalue weighted by atomic mass is 32.1. The Balaban J connectivity index is 1.38. The van der Waals surface area contributed by atoms with Crippen LogP contribution in [0.5, 0.6) is 0 Å². The fraction of sp³-hybridized carbons (Fsp3) is 0.347. The Labute approximate surface area is 322 Å². The van der Waals surface area contributed by atoms with Crippen molar-refractivity contribution < 1.29 is 0 Å². The number of nitrogens with zero attached hydrogens (tertiary/aromatic N) is 2. The lowest BCUT2D eigenvalue weighted by atomic mass is 9.36. The first-order chi connectivity index (χ1) is 24.9. The number of benzene rings is 5. The molecule has 268 valence electrons. The standard InChI is InChI=1S/C49H53BN2S/c1-30-25-40-43-41(26-30)52(34-20-21-36-37(29-34)49(10,11)24-23-48(36,8)9)44-35-17-12-13-18-42(35)53-45(44)50(43)38-22-19-32(47(5,6)7)28-39(38)51(40)33-16-14-15-31(27-33)46(2,3)4/h12-22,25-29H,23-24H2,1-11H3. The van der Waals surface area contributed by atoms with Crippen molar-refractivity contribution in [1.29, 1.82) is 0 Å². The van der Waals surface area contributed by atoms with Gasteiger partial charge in [0.2, 0.25) is 0 Å². The quantitative estimate of drug-likeness (QED) is 0.165. The van der Waals surface area contributed by atoms with E-state index in [1.54, 1.807) is 0 Å². The topological polar surface area (TPSA) is 6.48 Å². The van der Waals surface area contributed by atoms with Crippen LogP contribution < -0.4 is 25.5 Å². The van der Waals surface area contributed by atoms with Crippen LogP contribution in [0.4, 0.5) is 34.1 Å². The van der Waals surface area contributed by atoms with Crippen molar-refractivity contribution in [3.8, 4) is 0 Å². The second kappa shape index (κ2) is 11.4. The minimum absolute atomic E-state index is 0.0208. The molecular weight excluding hydrogens is 659 g/mol. The van der Waals surface area contributed by atoms with Crippen molar-refractivity contribution in [3.05, 3.63) is 125 Å². The average molecular weight is 713 g/mol. The second-order valence-electron chi connectivity index (χ2n) is 19.5. The van der Waals surface area contributed by atoms with Crippen LogP contribution in [0, 0.1) is 6.92 Å². The van der Waals surface area contributed by atoms with Crippen LogP contribution >= 0.6 is 11.3 Å². The fourth-order valence-electron chi connectivity index (χ4n) is 9.40. The molecule has 0 N–H and O–H groups in total. The van der Waals surface area contributed by atoms with Gasteiger partial charge < -0.3 is 9.80 Å². The Hall–Kier alpha value is -4.28. The van der Waals surface area contributed by atoms with Gasteiger partial charge in [0.1, 0.15) is 0 Å². The maximum Gasteiger partial charge on any atom is 0.264 e. The van der Waals surface area contributed by atoms with E-state index in [-0.39, 0.29) is 28.4 Å². The molecule has 0 radical (unpaired) electrons. The molecule has 9 rings (SSSR count). The summed E-state index contributed by atoms with van der Waals surface area (Å²) < 4.78 is 2.79. The molecule has 0 saturated heterocycles. The molecule has 3 heterocycles. The maximum absolute atomic E-state index is 2.65. The van der Waals surface area contributed by atoms with Gasteiger partial charge in [-0.3, -0.25) is 0 Å². The largest absolute Gasteiger partial charge is 0.311 e. The summed E-state index contributed by atoms with van der Waals surface area (Å²) in [5.41, 5.74) is 17.8. The average Bonchev–Trinajstić information content (AvgIpc) is 3.48. The number of aryl methyl sites for hydroxylation is 1. The van der Waals surface area contributed by atoms with Crippen LogP contribution in [-0.2, 0) is 21.7 Å². The monoisotopic (exact) mass is 712 g/mol. The lowest BCUT2D eigenvalue weighted by Gasteiger charge is -2.45. The molecule has 0 spiro atoms. The summed E-state index contributed by atoms with van der Waals surface area (Å²) in [4.78, 5) is 5.24. The summed E-state index contributed by atoms with van der Waals surface area (Å²) in [5.74, 6) is 0. The van der Waals surface area contributed by atoms with Crippen LogP contribution in [-0.4, -0.2) is 6.71 Å². The lowest BCUT2D eigenvalue weighted by Crippen LogP contribution is -2.60. The number of hydrogen-bond acceptors (Lipinski definition) is 3. The summed E-state index contributed by atoms with van der Waals surface area (Å²) in [6.07, 6.45) is 2.41. The summed E-state index contributed by atoms with van der Waals surface area (Å²) in [6.45, 7) is 26.1. The van der Waals surface area contributed by atoms with Crippen molar-refractivity contribution in [1.82, 2.24) is 0 Å². The molecule has 1 aliphatic carbocycles. The van der Waals surface area contributed by atoms with Gasteiger partial charge in [0.15, 0.2) is 0 Å². The SMILES string of the molecule is Cc1cc2c3c(c1)N(c1ccc4c(c1)C(C)(C)CCC4(C)C)c1c(sc4ccccc14)B3c1ccc(C(C)(C)C)cc1N2c1cccc(C(C)(C)C)c1. The third-order valence-corrected chi connectivity index (χ3v) is 13.9. The van der Waals surface area contributed by atoms with Gasteiger partial charge in [-0.05, 0) is 129 Å². The molecule has 0 amide bonds. The molecule has 1 aromatic heterocycles. The Morgan fingerprint density at radius 1 is 0.604 bits per heavy atom. The van der Waals surface area contributed by atoms with E-state index in [4.69, 9.17) is 0 Å². The number of rotatable bonds is 2. The van der Waals surface area contributed by atoms with E-state index in [1.165, 1.54) is 101 Å². The van der Waals surface area contributed by atoms with Crippen molar-refractivity contribution in [2.75, 3.05) is 9.80 Å². The highest BCUT2D eigenvalue weighted by Gasteiger charge is 2.46. The van der Waals surface area contributed by atoms with Crippen molar-refractivity contribution in [2.45, 2.75) is 111 Å². The third-order valence-electron chi connectivity index (χ3n) is 12.6. The zero-order valence-electron chi connectivity index (χ0n) is 33.5. The molecule has 2 aliphatic heterocycles. The first kappa shape index (κ1) is 34.5. The Morgan fingerprint density at radius 3 is 1.96 bits per heavy atom. The highest BCUT2D eigenvalue weighted by molar-refractivity contribution is 7.33. The van der Waals surface area contributed by atoms with Crippen LogP contribution in [0.2, 0.25) is 0 Å². The third kappa shape index (κ3) is 5.26. The molecule has 5 aromatic carbocycles. The molecule has 0 bridgehead atoms. The molecule has 0 atom stereocenters. The Kier molecular flexibility index (Phi) is 7.40. The van der Waals surface area contributed by atoms with Gasteiger partial charge in [-0.15, -0.1) is 11.3 Å². The molecule has 6 aromatic rings. The van der Waals surface area contributed by atoms with Gasteiger partial charge in [0, 0.05) is 43.3 Å². The first-order valence-corrected chi connectivity index (χ1v) is 20.4. The summed E-state index contributed by atoms with van der Waals surface area (Å²) in [6, 6.07) is 38.1. The Morgan fingerprint density at radius 2 is 1.25 bits per heavy atom. The summed E-state index contributed by atoms with van der Waals surface area (Å²) in [7, 11) is 0. The van der Waals surface area contributed by atoms with Crippen molar-refractivity contribution in [2.24, 2.45) is 0 Å². The molecule has 0 saturated carbocycles. The van der Waals surface area contributed by atoms with Gasteiger partial charge in [-0.25, -0.2) is 0 Å². The van der Waals surface area contributed by atoms with E-state index in [9.17, 15) is 0 Å². The molecule has 3 aliphatic rings. The molecule has 53 heavy (non-hydrogen) atoms. The Bertz CT molecular complexity index is 2470. The molecule has 0 unspecified atom stereocenters. The second-order valence-corrected chi connectivity index (χ2v) is 20.5. The van der Waals surface area contributed by atoms with Crippen molar-refractivity contribution >= 4 is 78.0 Å². The van der Waals surface area contributed by atoms with E-state index in [0.717, 1.165) is 0 Å². The maximum atomic E-state index is 2.65. The smallest absolute Gasteiger partial charge is 0.264 e. The van der Waals surface area contributed by atoms with Gasteiger partial charge in [-0.1, -0.05) is 118 Å². The number of fused-ring (bicyclic) bond motifs is 7. The number of thiophene rings is 1. The van der Waals surface area contributed by atoms with Crippen LogP contribution in [0.25, 0.3) is 10.1 Å². The van der Waals surface area contributed by atoms with E-state index in [0.29, 0.717) is 0 Å². The van der Waals surface area contributed by atoms with E-state index in [1.807, 2.05) is 11.3 Å². The highest BCUT2D eigenvalue weighted by Crippen LogP contribution is 2.52. The van der Waals surface area contributed by atoms with Gasteiger partial charge in [-0.2, -0.15) is 0 Å². The van der Waals surface area contributed by atoms with E-state index in [2.05, 4.69) is 183 Å². The molecule has 4 heteroatoms. The zero-order valence-corrected chi connectivity index (χ0v) is 34.3. The predicted molar refractivity (Wildman–Crippen MR) is 233 cm³/mol. The normalized spacial score (nSPS) is 17.0. The summed E-state index contributed by atoms with van der Waals surface area (Å²) in [5, 5.41) is 1.34. The van der Waals surface area contributed by atoms with Gasteiger partial charge in [0.05, 0.1) is 5.69 Å². The fourth-order valence-corrected chi connectivity index (χ4v) is 10.7. The van der Waals surface area contributed by atoms with Gasteiger partial charge in [0.25, 0.3) is 6.71 Å². The molecular formula is C49H53BN2S. The van der Waals surface area contributed by atoms with Gasteiger partial charge >= 0.3 is 0 Å². The molecule has 2 nitrogen and oxygen atoms in total. The van der Waals surface area contributed by atoms with Crippen molar-refractivity contribution in [3.63, 3.8) is 0 Å². The van der Waals surface area contributed by atoms with Crippen LogP contribution in [0.3, 0.4) is 0 Å². The van der Waals surface area contributed by atoms with Crippen LogP contribution in [0.15, 0.2) is 97.1 Å². The number of hydrogen-bond donors (Lipinski definition) is 0. The molecule has 0 fully saturated rings. The van der Waals surface area contributed by atoms with Crippen LogP contribution in [0.1, 0.15) is 110 Å². The minimum atomic E-state index is 0.0208. The minimum Gasteiger partial charge on any atom is -0.311 e. The van der Waals surface area contributed by atoms with E-state index >= 15 is 0 Å². The lowest BCUT2D eigenvalue weighted by molar-refractivity contribution is 0.332. The van der Waals surface area contributed by atoms with E-state index < -0.39 is 0 Å².